The molecule has 1 amide bonds. The second-order valence-electron chi connectivity index (χ2n) is 6.75. The third-order valence-corrected chi connectivity index (χ3v) is 4.92. The predicted molar refractivity (Wildman–Crippen MR) is 109 cm³/mol. The van der Waals surface area contributed by atoms with Crippen LogP contribution in [0.15, 0.2) is 60.7 Å². The molecule has 0 saturated heterocycles. The molecule has 0 spiro atoms. The van der Waals surface area contributed by atoms with Gasteiger partial charge in [-0.25, -0.2) is 8.78 Å². The summed E-state index contributed by atoms with van der Waals surface area (Å²) in [6.07, 6.45) is -0.0785. The summed E-state index contributed by atoms with van der Waals surface area (Å²) in [5, 5.41) is 2.71. The van der Waals surface area contributed by atoms with Gasteiger partial charge in [-0.05, 0) is 61.5 Å². The molecule has 0 aromatic heterocycles. The lowest BCUT2D eigenvalue weighted by Crippen LogP contribution is -2.35. The van der Waals surface area contributed by atoms with E-state index in [1.165, 1.54) is 30.3 Å². The molecule has 0 unspecified atom stereocenters. The van der Waals surface area contributed by atoms with Gasteiger partial charge >= 0.3 is 0 Å². The molecule has 3 aromatic rings. The first-order valence-electron chi connectivity index (χ1n) is 9.01. The Balaban J connectivity index is 1.67. The van der Waals surface area contributed by atoms with E-state index >= 15 is 0 Å². The number of nitrogens with one attached hydrogen (secondary N) is 1. The summed E-state index contributed by atoms with van der Waals surface area (Å²) in [7, 11) is 0. The lowest BCUT2D eigenvalue weighted by atomic mass is 10.1. The molecule has 0 bridgehead atoms. The van der Waals surface area contributed by atoms with Crippen molar-refractivity contribution in [1.29, 1.82) is 0 Å². The van der Waals surface area contributed by atoms with E-state index < -0.39 is 11.7 Å². The Morgan fingerprint density at radius 3 is 2.62 bits per heavy atom. The standard InChI is InChI=1S/C22H17ClF2N2O2/c1-13-12-27(16-8-5-14(24)6-9-16)19-11-15(7-10-20(19)29-13)26-22(28)21-17(23)3-2-4-18(21)25/h2-11,13H,12H2,1H3,(H,26,28)/t13-/m0/s1. The van der Waals surface area contributed by atoms with E-state index in [0.29, 0.717) is 23.7 Å². The van der Waals surface area contributed by atoms with E-state index in [9.17, 15) is 13.6 Å². The van der Waals surface area contributed by atoms with Crippen molar-refractivity contribution in [3.8, 4) is 5.75 Å². The number of anilines is 3. The zero-order valence-corrected chi connectivity index (χ0v) is 16.2. The fraction of sp³-hybridized carbons (Fsp3) is 0.136. The summed E-state index contributed by atoms with van der Waals surface area (Å²) in [6.45, 7) is 2.49. The van der Waals surface area contributed by atoms with Crippen molar-refractivity contribution in [2.75, 3.05) is 16.8 Å². The van der Waals surface area contributed by atoms with Gasteiger partial charge in [0.15, 0.2) is 0 Å². The number of halogens is 3. The highest BCUT2D eigenvalue weighted by Crippen LogP contribution is 2.40. The molecule has 0 saturated carbocycles. The number of rotatable bonds is 3. The van der Waals surface area contributed by atoms with E-state index in [0.717, 1.165) is 5.69 Å². The van der Waals surface area contributed by atoms with Crippen molar-refractivity contribution in [2.45, 2.75) is 13.0 Å². The van der Waals surface area contributed by atoms with Crippen molar-refractivity contribution in [1.82, 2.24) is 0 Å². The average Bonchev–Trinajstić information content (AvgIpc) is 2.68. The maximum Gasteiger partial charge on any atom is 0.260 e. The number of fused-ring (bicyclic) bond motifs is 1. The SMILES string of the molecule is C[C@H]1CN(c2ccc(F)cc2)c2cc(NC(=O)c3c(F)cccc3Cl)ccc2O1. The van der Waals surface area contributed by atoms with E-state index in [1.807, 2.05) is 11.8 Å². The summed E-state index contributed by atoms with van der Waals surface area (Å²) in [6, 6.07) is 15.4. The van der Waals surface area contributed by atoms with Crippen LogP contribution in [0.1, 0.15) is 17.3 Å². The third kappa shape index (κ3) is 3.89. The molecule has 148 valence electrons. The van der Waals surface area contributed by atoms with Crippen LogP contribution in [0, 0.1) is 11.6 Å². The molecular formula is C22H17ClF2N2O2. The molecule has 0 fully saturated rings. The fourth-order valence-corrected chi connectivity index (χ4v) is 3.54. The molecule has 29 heavy (non-hydrogen) atoms. The molecule has 1 heterocycles. The van der Waals surface area contributed by atoms with Gasteiger partial charge in [-0.15, -0.1) is 0 Å². The highest BCUT2D eigenvalue weighted by atomic mass is 35.5. The minimum absolute atomic E-state index is 0.0329. The molecule has 3 aromatic carbocycles. The van der Waals surface area contributed by atoms with Crippen LogP contribution >= 0.6 is 11.6 Å². The van der Waals surface area contributed by atoms with Gasteiger partial charge in [-0.1, -0.05) is 17.7 Å². The summed E-state index contributed by atoms with van der Waals surface area (Å²) in [5.74, 6) is -1.03. The van der Waals surface area contributed by atoms with Gasteiger partial charge in [0.05, 0.1) is 22.8 Å². The van der Waals surface area contributed by atoms with Crippen LogP contribution in [-0.2, 0) is 0 Å². The number of hydrogen-bond donors (Lipinski definition) is 1. The monoisotopic (exact) mass is 414 g/mol. The van der Waals surface area contributed by atoms with Crippen molar-refractivity contribution >= 4 is 34.6 Å². The van der Waals surface area contributed by atoms with Crippen LogP contribution in [0.5, 0.6) is 5.75 Å². The predicted octanol–water partition coefficient (Wildman–Crippen LogP) is 5.79. The molecule has 1 N–H and O–H groups in total. The first kappa shape index (κ1) is 19.2. The molecule has 7 heteroatoms. The molecule has 0 aliphatic carbocycles. The number of nitrogens with zero attached hydrogens (tertiary/aromatic N) is 1. The molecule has 1 atom stereocenters. The average molecular weight is 415 g/mol. The van der Waals surface area contributed by atoms with Gasteiger partial charge in [0, 0.05) is 11.4 Å². The Hall–Kier alpha value is -3.12. The van der Waals surface area contributed by atoms with Crippen LogP contribution in [0.25, 0.3) is 0 Å². The highest BCUT2D eigenvalue weighted by molar-refractivity contribution is 6.34. The van der Waals surface area contributed by atoms with Crippen molar-refractivity contribution in [2.24, 2.45) is 0 Å². The topological polar surface area (TPSA) is 41.6 Å². The van der Waals surface area contributed by atoms with Gasteiger partial charge in [0.2, 0.25) is 0 Å². The molecule has 4 nitrogen and oxygen atoms in total. The van der Waals surface area contributed by atoms with E-state index in [-0.39, 0.29) is 22.5 Å². The molecule has 1 aliphatic rings. The van der Waals surface area contributed by atoms with Gasteiger partial charge in [0.1, 0.15) is 23.5 Å². The summed E-state index contributed by atoms with van der Waals surface area (Å²) in [4.78, 5) is 14.5. The zero-order valence-electron chi connectivity index (χ0n) is 15.5. The number of hydrogen-bond acceptors (Lipinski definition) is 3. The Bertz CT molecular complexity index is 1050. The quantitative estimate of drug-likeness (QED) is 0.589. The lowest BCUT2D eigenvalue weighted by molar-refractivity contribution is 0.102. The molecule has 0 radical (unpaired) electrons. The van der Waals surface area contributed by atoms with Crippen LogP contribution in [0.4, 0.5) is 25.8 Å². The minimum Gasteiger partial charge on any atom is -0.487 e. The van der Waals surface area contributed by atoms with Gasteiger partial charge in [-0.2, -0.15) is 0 Å². The number of benzene rings is 3. The Kier molecular flexibility index (Phi) is 5.11. The van der Waals surface area contributed by atoms with Gasteiger partial charge < -0.3 is 15.0 Å². The summed E-state index contributed by atoms with van der Waals surface area (Å²) in [5.41, 5.74) is 1.75. The first-order chi connectivity index (χ1) is 13.9. The lowest BCUT2D eigenvalue weighted by Gasteiger charge is -2.35. The molecule has 4 rings (SSSR count). The number of amides is 1. The van der Waals surface area contributed by atoms with Gasteiger partial charge in [0.25, 0.3) is 5.91 Å². The Labute approximate surface area is 171 Å². The highest BCUT2D eigenvalue weighted by Gasteiger charge is 2.25. The minimum atomic E-state index is -0.696. The maximum absolute atomic E-state index is 14.0. The Morgan fingerprint density at radius 1 is 1.14 bits per heavy atom. The second-order valence-corrected chi connectivity index (χ2v) is 7.16. The van der Waals surface area contributed by atoms with Crippen molar-refractivity contribution < 1.29 is 18.3 Å². The summed E-state index contributed by atoms with van der Waals surface area (Å²) < 4.78 is 33.2. The van der Waals surface area contributed by atoms with E-state index in [4.69, 9.17) is 16.3 Å². The van der Waals surface area contributed by atoms with Crippen LogP contribution in [0.2, 0.25) is 5.02 Å². The van der Waals surface area contributed by atoms with Crippen molar-refractivity contribution in [3.63, 3.8) is 0 Å². The van der Waals surface area contributed by atoms with Crippen LogP contribution in [0.3, 0.4) is 0 Å². The van der Waals surface area contributed by atoms with E-state index in [1.54, 1.807) is 30.3 Å². The molecular weight excluding hydrogens is 398 g/mol. The van der Waals surface area contributed by atoms with Crippen LogP contribution < -0.4 is 15.0 Å². The Morgan fingerprint density at radius 2 is 1.90 bits per heavy atom. The zero-order chi connectivity index (χ0) is 20.5. The van der Waals surface area contributed by atoms with Gasteiger partial charge in [-0.3, -0.25) is 4.79 Å². The first-order valence-corrected chi connectivity index (χ1v) is 9.39. The van der Waals surface area contributed by atoms with Crippen LogP contribution in [-0.4, -0.2) is 18.6 Å². The number of ether oxygens (including phenoxy) is 1. The van der Waals surface area contributed by atoms with E-state index in [2.05, 4.69) is 5.32 Å². The smallest absolute Gasteiger partial charge is 0.260 e. The number of carbonyl (C=O) groups excluding carboxylic acids is 1. The summed E-state index contributed by atoms with van der Waals surface area (Å²) >= 11 is 5.98. The third-order valence-electron chi connectivity index (χ3n) is 4.60. The number of carbonyl (C=O) groups is 1. The maximum atomic E-state index is 14.0. The van der Waals surface area contributed by atoms with Crippen molar-refractivity contribution in [3.05, 3.63) is 82.9 Å². The second kappa shape index (κ2) is 7.72. The normalized spacial score (nSPS) is 15.4. The fourth-order valence-electron chi connectivity index (χ4n) is 3.29. The largest absolute Gasteiger partial charge is 0.487 e. The molecule has 1 aliphatic heterocycles.